The SMILES string of the molecule is O=c1[nH]oc2ccc(Br)cc2c1=O.[NaH]. The van der Waals surface area contributed by atoms with Gasteiger partial charge in [-0.05, 0) is 18.2 Å². The molecule has 1 aromatic heterocycles. The quantitative estimate of drug-likeness (QED) is 0.561. The number of hydrogen-bond donors (Lipinski definition) is 1. The fraction of sp³-hybridized carbons (Fsp3) is 0. The Kier molecular flexibility index (Phi) is 3.71. The number of aromatic amines is 1. The van der Waals surface area contributed by atoms with Crippen molar-refractivity contribution in [3.63, 3.8) is 0 Å². The number of nitrogens with one attached hydrogen (secondary N) is 1. The zero-order valence-corrected chi connectivity index (χ0v) is 7.92. The first-order chi connectivity index (χ1) is 6.18. The van der Waals surface area contributed by atoms with Gasteiger partial charge in [0.25, 0.3) is 5.43 Å². The van der Waals surface area contributed by atoms with E-state index in [1.165, 1.54) is 0 Å². The van der Waals surface area contributed by atoms with Crippen LogP contribution in [-0.2, 0) is 0 Å². The molecule has 0 aliphatic rings. The van der Waals surface area contributed by atoms with E-state index in [4.69, 9.17) is 4.52 Å². The molecule has 6 heteroatoms. The number of H-pyrrole nitrogens is 1. The van der Waals surface area contributed by atoms with Crippen LogP contribution >= 0.6 is 15.9 Å². The van der Waals surface area contributed by atoms with Crippen molar-refractivity contribution >= 4 is 56.5 Å². The van der Waals surface area contributed by atoms with Crippen molar-refractivity contribution in [2.45, 2.75) is 0 Å². The van der Waals surface area contributed by atoms with Gasteiger partial charge in [0.05, 0.1) is 5.39 Å². The van der Waals surface area contributed by atoms with Crippen LogP contribution in [0.15, 0.2) is 36.8 Å². The molecule has 1 heterocycles. The summed E-state index contributed by atoms with van der Waals surface area (Å²) in [6.07, 6.45) is 0. The Balaban J connectivity index is 0.000000980. The van der Waals surface area contributed by atoms with Crippen molar-refractivity contribution in [2.75, 3.05) is 0 Å². The third kappa shape index (κ3) is 2.00. The van der Waals surface area contributed by atoms with E-state index in [0.29, 0.717) is 5.58 Å². The predicted molar refractivity (Wildman–Crippen MR) is 58.0 cm³/mol. The zero-order valence-electron chi connectivity index (χ0n) is 6.33. The van der Waals surface area contributed by atoms with Gasteiger partial charge in [0.1, 0.15) is 0 Å². The van der Waals surface area contributed by atoms with Crippen molar-refractivity contribution in [3.8, 4) is 0 Å². The Labute approximate surface area is 109 Å². The molecular formula is C8H5BrNNaO3. The Hall–Kier alpha value is -0.360. The monoisotopic (exact) mass is 265 g/mol. The second-order valence-corrected chi connectivity index (χ2v) is 3.42. The molecule has 0 unspecified atom stereocenters. The topological polar surface area (TPSA) is 63.1 Å². The van der Waals surface area contributed by atoms with Crippen molar-refractivity contribution in [1.29, 1.82) is 0 Å². The second-order valence-electron chi connectivity index (χ2n) is 2.50. The van der Waals surface area contributed by atoms with Crippen molar-refractivity contribution in [1.82, 2.24) is 5.16 Å². The van der Waals surface area contributed by atoms with Gasteiger partial charge in [-0.3, -0.25) is 9.59 Å². The maximum atomic E-state index is 11.3. The molecule has 1 aromatic carbocycles. The molecule has 2 aromatic rings. The van der Waals surface area contributed by atoms with Crippen molar-refractivity contribution < 1.29 is 4.52 Å². The summed E-state index contributed by atoms with van der Waals surface area (Å²) >= 11 is 3.20. The summed E-state index contributed by atoms with van der Waals surface area (Å²) in [5.74, 6) is 0. The van der Waals surface area contributed by atoms with Crippen LogP contribution in [0.4, 0.5) is 0 Å². The predicted octanol–water partition coefficient (Wildman–Crippen LogP) is 0.595. The summed E-state index contributed by atoms with van der Waals surface area (Å²) in [4.78, 5) is 22.1. The van der Waals surface area contributed by atoms with Crippen LogP contribution in [0.2, 0.25) is 0 Å². The van der Waals surface area contributed by atoms with Gasteiger partial charge >= 0.3 is 35.1 Å². The standard InChI is InChI=1S/C8H4BrNO3.Na.H/c9-4-1-2-6-5(3-4)7(11)8(12)10-13-6;;/h1-3H,(H,10,12);;. The molecule has 4 nitrogen and oxygen atoms in total. The molecule has 0 aliphatic carbocycles. The summed E-state index contributed by atoms with van der Waals surface area (Å²) < 4.78 is 5.55. The van der Waals surface area contributed by atoms with Gasteiger partial charge in [-0.15, -0.1) is 0 Å². The number of hydrogen-bond acceptors (Lipinski definition) is 3. The van der Waals surface area contributed by atoms with E-state index in [1.807, 2.05) is 5.16 Å². The Morgan fingerprint density at radius 2 is 2.00 bits per heavy atom. The summed E-state index contributed by atoms with van der Waals surface area (Å²) in [5, 5.41) is 2.28. The second kappa shape index (κ2) is 4.44. The number of benzene rings is 1. The summed E-state index contributed by atoms with van der Waals surface area (Å²) in [6.45, 7) is 0. The first-order valence-electron chi connectivity index (χ1n) is 3.49. The number of rotatable bonds is 0. The molecule has 14 heavy (non-hydrogen) atoms. The molecule has 0 fully saturated rings. The van der Waals surface area contributed by atoms with Crippen molar-refractivity contribution in [2.24, 2.45) is 0 Å². The van der Waals surface area contributed by atoms with Crippen LogP contribution in [0.5, 0.6) is 0 Å². The fourth-order valence-corrected chi connectivity index (χ4v) is 1.40. The van der Waals surface area contributed by atoms with Gasteiger partial charge in [-0.25, -0.2) is 0 Å². The van der Waals surface area contributed by atoms with Gasteiger partial charge in [0.2, 0.25) is 0 Å². The van der Waals surface area contributed by atoms with Crippen LogP contribution in [0.25, 0.3) is 11.0 Å². The van der Waals surface area contributed by atoms with Gasteiger partial charge in [-0.2, -0.15) is 5.16 Å². The molecule has 68 valence electrons. The van der Waals surface area contributed by atoms with Crippen LogP contribution in [0, 0.1) is 0 Å². The summed E-state index contributed by atoms with van der Waals surface area (Å²) in [6, 6.07) is 4.89. The summed E-state index contributed by atoms with van der Waals surface area (Å²) in [7, 11) is 0. The van der Waals surface area contributed by atoms with Gasteiger partial charge in [-0.1, -0.05) is 15.9 Å². The van der Waals surface area contributed by atoms with Crippen molar-refractivity contribution in [3.05, 3.63) is 43.2 Å². The molecule has 0 aliphatic heterocycles. The maximum absolute atomic E-state index is 11.3. The zero-order chi connectivity index (χ0) is 9.42. The number of fused-ring (bicyclic) bond motifs is 1. The Bertz CT molecular complexity index is 575. The fourth-order valence-electron chi connectivity index (χ4n) is 1.04. The number of halogens is 1. The summed E-state index contributed by atoms with van der Waals surface area (Å²) in [5.41, 5.74) is -0.957. The Morgan fingerprint density at radius 3 is 2.71 bits per heavy atom. The third-order valence-electron chi connectivity index (χ3n) is 1.65. The Morgan fingerprint density at radius 1 is 1.29 bits per heavy atom. The first-order valence-corrected chi connectivity index (χ1v) is 4.29. The van der Waals surface area contributed by atoms with Crippen LogP contribution in [0.3, 0.4) is 0 Å². The normalized spacial score (nSPS) is 9.79. The van der Waals surface area contributed by atoms with E-state index in [1.54, 1.807) is 18.2 Å². The van der Waals surface area contributed by atoms with E-state index in [2.05, 4.69) is 15.9 Å². The van der Waals surface area contributed by atoms with Crippen LogP contribution in [0.1, 0.15) is 0 Å². The van der Waals surface area contributed by atoms with Crippen LogP contribution < -0.4 is 11.0 Å². The van der Waals surface area contributed by atoms with Crippen LogP contribution in [-0.4, -0.2) is 34.7 Å². The minimum absolute atomic E-state index is 0. The number of aromatic nitrogens is 1. The van der Waals surface area contributed by atoms with Gasteiger partial charge in [0, 0.05) is 4.47 Å². The average Bonchev–Trinajstić information content (AvgIpc) is 2.12. The molecule has 0 amide bonds. The first kappa shape index (κ1) is 11.7. The van der Waals surface area contributed by atoms with E-state index >= 15 is 0 Å². The molecule has 0 saturated heterocycles. The van der Waals surface area contributed by atoms with E-state index < -0.39 is 11.0 Å². The molecule has 0 radical (unpaired) electrons. The molecule has 2 rings (SSSR count). The van der Waals surface area contributed by atoms with Gasteiger partial charge < -0.3 is 4.52 Å². The van der Waals surface area contributed by atoms with E-state index in [-0.39, 0.29) is 34.9 Å². The molecule has 0 spiro atoms. The molecule has 0 saturated carbocycles. The molecule has 0 atom stereocenters. The van der Waals surface area contributed by atoms with E-state index in [0.717, 1.165) is 4.47 Å². The van der Waals surface area contributed by atoms with E-state index in [9.17, 15) is 9.59 Å². The average molecular weight is 266 g/mol. The minimum atomic E-state index is -0.745. The van der Waals surface area contributed by atoms with Gasteiger partial charge in [0.15, 0.2) is 5.58 Å². The third-order valence-corrected chi connectivity index (χ3v) is 2.14. The molecular weight excluding hydrogens is 261 g/mol. The molecule has 1 N–H and O–H groups in total. The molecule has 0 bridgehead atoms.